The van der Waals surface area contributed by atoms with Gasteiger partial charge in [-0.1, -0.05) is 19.8 Å². The molecule has 3 rings (SSSR count). The van der Waals surface area contributed by atoms with E-state index in [0.29, 0.717) is 19.4 Å². The molecule has 2 N–H and O–H groups in total. The molecule has 116 valence electrons. The summed E-state index contributed by atoms with van der Waals surface area (Å²) < 4.78 is 11.1. The number of piperidine rings is 1. The van der Waals surface area contributed by atoms with Crippen LogP contribution in [-0.2, 0) is 17.9 Å². The zero-order chi connectivity index (χ0) is 14.7. The zero-order valence-corrected chi connectivity index (χ0v) is 12.9. The number of likely N-dealkylation sites (tertiary alicyclic amines) is 1. The molecule has 1 aromatic carbocycles. The third kappa shape index (κ3) is 3.33. The summed E-state index contributed by atoms with van der Waals surface area (Å²) in [4.78, 5) is 2.61. The van der Waals surface area contributed by atoms with E-state index in [1.165, 1.54) is 44.2 Å². The lowest BCUT2D eigenvalue weighted by atomic mass is 9.97. The van der Waals surface area contributed by atoms with Gasteiger partial charge in [0.15, 0.2) is 6.79 Å². The molecule has 0 spiro atoms. The Morgan fingerprint density at radius 2 is 2.24 bits per heavy atom. The standard InChI is InChI=1S/C17H26N2O2/c1-2-5-16-6-3-4-7-19(16)10-13-8-15(18)9-14-11-20-12-21-17(13)14/h8-9,16H,2-7,10-12,18H2,1H3. The molecule has 1 saturated heterocycles. The van der Waals surface area contributed by atoms with E-state index in [0.717, 1.165) is 23.5 Å². The lowest BCUT2D eigenvalue weighted by Crippen LogP contribution is -2.39. The molecule has 0 aromatic heterocycles. The Bertz CT molecular complexity index is 488. The first-order valence-electron chi connectivity index (χ1n) is 8.13. The van der Waals surface area contributed by atoms with E-state index in [1.807, 2.05) is 6.07 Å². The first-order chi connectivity index (χ1) is 10.3. The van der Waals surface area contributed by atoms with Gasteiger partial charge in [-0.25, -0.2) is 0 Å². The van der Waals surface area contributed by atoms with Crippen molar-refractivity contribution < 1.29 is 9.47 Å². The molecule has 0 radical (unpaired) electrons. The van der Waals surface area contributed by atoms with Crippen molar-refractivity contribution in [3.8, 4) is 5.75 Å². The maximum absolute atomic E-state index is 6.05. The number of benzene rings is 1. The molecule has 0 saturated carbocycles. The minimum absolute atomic E-state index is 0.350. The van der Waals surface area contributed by atoms with Gasteiger partial charge in [-0.05, 0) is 37.9 Å². The fourth-order valence-corrected chi connectivity index (χ4v) is 3.59. The SMILES string of the molecule is CCCC1CCCCN1Cc1cc(N)cc2c1OCOC2. The highest BCUT2D eigenvalue weighted by atomic mass is 16.7. The summed E-state index contributed by atoms with van der Waals surface area (Å²) in [5.41, 5.74) is 9.16. The number of anilines is 1. The van der Waals surface area contributed by atoms with Gasteiger partial charge in [0.05, 0.1) is 6.61 Å². The van der Waals surface area contributed by atoms with Gasteiger partial charge in [-0.3, -0.25) is 4.90 Å². The lowest BCUT2D eigenvalue weighted by molar-refractivity contribution is -0.0177. The van der Waals surface area contributed by atoms with Gasteiger partial charge in [0.1, 0.15) is 5.75 Å². The highest BCUT2D eigenvalue weighted by molar-refractivity contribution is 5.53. The molecule has 21 heavy (non-hydrogen) atoms. The van der Waals surface area contributed by atoms with E-state index in [4.69, 9.17) is 15.2 Å². The van der Waals surface area contributed by atoms with Crippen molar-refractivity contribution in [1.29, 1.82) is 0 Å². The number of nitrogens with two attached hydrogens (primary N) is 1. The topological polar surface area (TPSA) is 47.7 Å². The average molecular weight is 290 g/mol. The van der Waals surface area contributed by atoms with Crippen molar-refractivity contribution in [2.75, 3.05) is 19.1 Å². The zero-order valence-electron chi connectivity index (χ0n) is 12.9. The minimum atomic E-state index is 0.350. The van der Waals surface area contributed by atoms with Gasteiger partial charge in [0, 0.05) is 29.4 Å². The Morgan fingerprint density at radius 1 is 1.33 bits per heavy atom. The van der Waals surface area contributed by atoms with Crippen LogP contribution in [0, 0.1) is 0 Å². The molecule has 1 aromatic rings. The second-order valence-corrected chi connectivity index (χ2v) is 6.19. The second-order valence-electron chi connectivity index (χ2n) is 6.19. The van der Waals surface area contributed by atoms with Gasteiger partial charge in [-0.2, -0.15) is 0 Å². The number of rotatable bonds is 4. The van der Waals surface area contributed by atoms with Gasteiger partial charge >= 0.3 is 0 Å². The summed E-state index contributed by atoms with van der Waals surface area (Å²) in [7, 11) is 0. The Hall–Kier alpha value is -1.26. The molecule has 1 unspecified atom stereocenters. The lowest BCUT2D eigenvalue weighted by Gasteiger charge is -2.36. The monoisotopic (exact) mass is 290 g/mol. The third-order valence-corrected chi connectivity index (χ3v) is 4.55. The van der Waals surface area contributed by atoms with E-state index in [9.17, 15) is 0 Å². The maximum Gasteiger partial charge on any atom is 0.189 e. The summed E-state index contributed by atoms with van der Waals surface area (Å²) in [6.45, 7) is 5.35. The van der Waals surface area contributed by atoms with E-state index < -0.39 is 0 Å². The quantitative estimate of drug-likeness (QED) is 0.864. The summed E-state index contributed by atoms with van der Waals surface area (Å²) >= 11 is 0. The Morgan fingerprint density at radius 3 is 3.10 bits per heavy atom. The van der Waals surface area contributed by atoms with Gasteiger partial charge in [-0.15, -0.1) is 0 Å². The second kappa shape index (κ2) is 6.67. The fraction of sp³-hybridized carbons (Fsp3) is 0.647. The van der Waals surface area contributed by atoms with Crippen LogP contribution in [0.1, 0.15) is 50.2 Å². The van der Waals surface area contributed by atoms with Crippen molar-refractivity contribution >= 4 is 5.69 Å². The molecule has 2 heterocycles. The van der Waals surface area contributed by atoms with E-state index >= 15 is 0 Å². The van der Waals surface area contributed by atoms with Crippen molar-refractivity contribution in [3.63, 3.8) is 0 Å². The first-order valence-corrected chi connectivity index (χ1v) is 8.13. The molecular weight excluding hydrogens is 264 g/mol. The number of ether oxygens (including phenoxy) is 2. The number of fused-ring (bicyclic) bond motifs is 1. The predicted molar refractivity (Wildman–Crippen MR) is 84.1 cm³/mol. The number of hydrogen-bond acceptors (Lipinski definition) is 4. The Kier molecular flexibility index (Phi) is 4.66. The maximum atomic E-state index is 6.05. The third-order valence-electron chi connectivity index (χ3n) is 4.55. The van der Waals surface area contributed by atoms with Crippen molar-refractivity contribution in [3.05, 3.63) is 23.3 Å². The largest absolute Gasteiger partial charge is 0.467 e. The van der Waals surface area contributed by atoms with Crippen LogP contribution in [0.15, 0.2) is 12.1 Å². The summed E-state index contributed by atoms with van der Waals surface area (Å²) in [6.07, 6.45) is 6.52. The predicted octanol–water partition coefficient (Wildman–Crippen LogP) is 3.29. The van der Waals surface area contributed by atoms with Crippen LogP contribution in [0.4, 0.5) is 5.69 Å². The van der Waals surface area contributed by atoms with Crippen molar-refractivity contribution in [1.82, 2.24) is 4.90 Å². The van der Waals surface area contributed by atoms with Crippen LogP contribution in [0.3, 0.4) is 0 Å². The van der Waals surface area contributed by atoms with Crippen molar-refractivity contribution in [2.24, 2.45) is 0 Å². The average Bonchev–Trinajstić information content (AvgIpc) is 2.49. The van der Waals surface area contributed by atoms with Crippen LogP contribution >= 0.6 is 0 Å². The van der Waals surface area contributed by atoms with E-state index in [-0.39, 0.29) is 0 Å². The highest BCUT2D eigenvalue weighted by Crippen LogP contribution is 2.33. The molecule has 4 nitrogen and oxygen atoms in total. The minimum Gasteiger partial charge on any atom is -0.467 e. The van der Waals surface area contributed by atoms with E-state index in [1.54, 1.807) is 0 Å². The normalized spacial score (nSPS) is 22.6. The summed E-state index contributed by atoms with van der Waals surface area (Å²) in [5, 5.41) is 0. The highest BCUT2D eigenvalue weighted by Gasteiger charge is 2.24. The molecule has 0 amide bonds. The molecule has 1 fully saturated rings. The molecule has 0 aliphatic carbocycles. The molecule has 2 aliphatic rings. The number of hydrogen-bond donors (Lipinski definition) is 1. The van der Waals surface area contributed by atoms with Gasteiger partial charge < -0.3 is 15.2 Å². The Balaban J connectivity index is 1.81. The van der Waals surface area contributed by atoms with E-state index in [2.05, 4.69) is 17.9 Å². The molecular formula is C17H26N2O2. The Labute approximate surface area is 127 Å². The van der Waals surface area contributed by atoms with Crippen LogP contribution in [-0.4, -0.2) is 24.3 Å². The smallest absolute Gasteiger partial charge is 0.189 e. The molecule has 1 atom stereocenters. The number of nitrogen functional groups attached to an aromatic ring is 1. The van der Waals surface area contributed by atoms with Gasteiger partial charge in [0.2, 0.25) is 0 Å². The van der Waals surface area contributed by atoms with Crippen LogP contribution in [0.25, 0.3) is 0 Å². The fourth-order valence-electron chi connectivity index (χ4n) is 3.59. The first kappa shape index (κ1) is 14.7. The molecule has 4 heteroatoms. The molecule has 0 bridgehead atoms. The summed E-state index contributed by atoms with van der Waals surface area (Å²) in [6, 6.07) is 4.75. The molecule has 2 aliphatic heterocycles. The van der Waals surface area contributed by atoms with Crippen LogP contribution < -0.4 is 10.5 Å². The van der Waals surface area contributed by atoms with Crippen molar-refractivity contribution in [2.45, 2.75) is 58.2 Å². The number of nitrogens with zero attached hydrogens (tertiary/aromatic N) is 1. The van der Waals surface area contributed by atoms with Crippen LogP contribution in [0.5, 0.6) is 5.75 Å². The van der Waals surface area contributed by atoms with Crippen LogP contribution in [0.2, 0.25) is 0 Å². The van der Waals surface area contributed by atoms with Gasteiger partial charge in [0.25, 0.3) is 0 Å². The summed E-state index contributed by atoms with van der Waals surface area (Å²) in [5.74, 6) is 0.997.